The van der Waals surface area contributed by atoms with Crippen LogP contribution in [0, 0.1) is 6.92 Å². The minimum atomic E-state index is -3.58. The van der Waals surface area contributed by atoms with E-state index in [0.717, 1.165) is 8.99 Å². The Hall–Kier alpha value is -1.94. The van der Waals surface area contributed by atoms with Gasteiger partial charge in [0.15, 0.2) is 0 Å². The van der Waals surface area contributed by atoms with E-state index in [0.29, 0.717) is 11.3 Å². The van der Waals surface area contributed by atoms with Crippen LogP contribution >= 0.6 is 23.2 Å². The van der Waals surface area contributed by atoms with Gasteiger partial charge in [0.2, 0.25) is 15.9 Å². The standard InChI is InChI=1S/C15H16Cl2N4O4S/c1-9-6-10(4-5-12(9)26(24,25)20(2)3)19-13(22)8-21-15(23)14(17)11(16)7-18-21/h4-7H,8H2,1-3H3,(H,19,22). The van der Waals surface area contributed by atoms with Crippen molar-refractivity contribution in [3.8, 4) is 0 Å². The highest BCUT2D eigenvalue weighted by molar-refractivity contribution is 7.89. The zero-order valence-corrected chi connectivity index (χ0v) is 16.5. The zero-order valence-electron chi connectivity index (χ0n) is 14.2. The van der Waals surface area contributed by atoms with E-state index in [4.69, 9.17) is 23.2 Å². The number of aryl methyl sites for hydroxylation is 1. The van der Waals surface area contributed by atoms with Crippen LogP contribution in [0.2, 0.25) is 10.0 Å². The number of sulfonamides is 1. The summed E-state index contributed by atoms with van der Waals surface area (Å²) in [5, 5.41) is 6.11. The Balaban J connectivity index is 2.19. The van der Waals surface area contributed by atoms with E-state index in [1.54, 1.807) is 6.92 Å². The molecule has 0 spiro atoms. The molecule has 1 aromatic heterocycles. The third-order valence-corrected chi connectivity index (χ3v) is 6.18. The van der Waals surface area contributed by atoms with Crippen molar-refractivity contribution in [3.63, 3.8) is 0 Å². The summed E-state index contributed by atoms with van der Waals surface area (Å²) in [6, 6.07) is 4.40. The number of carbonyl (C=O) groups excluding carboxylic acids is 1. The normalized spacial score (nSPS) is 11.6. The van der Waals surface area contributed by atoms with E-state index < -0.39 is 21.5 Å². The lowest BCUT2D eigenvalue weighted by molar-refractivity contribution is -0.117. The molecule has 0 radical (unpaired) electrons. The predicted molar refractivity (Wildman–Crippen MR) is 99.2 cm³/mol. The van der Waals surface area contributed by atoms with Gasteiger partial charge in [-0.3, -0.25) is 9.59 Å². The summed E-state index contributed by atoms with van der Waals surface area (Å²) < 4.78 is 26.4. The number of nitrogens with one attached hydrogen (secondary N) is 1. The van der Waals surface area contributed by atoms with Crippen LogP contribution < -0.4 is 10.9 Å². The van der Waals surface area contributed by atoms with Crippen molar-refractivity contribution in [3.05, 3.63) is 50.4 Å². The Morgan fingerprint density at radius 2 is 1.96 bits per heavy atom. The van der Waals surface area contributed by atoms with Gasteiger partial charge in [-0.15, -0.1) is 0 Å². The Labute approximate surface area is 160 Å². The van der Waals surface area contributed by atoms with Gasteiger partial charge in [0, 0.05) is 19.8 Å². The molecule has 1 heterocycles. The third-order valence-electron chi connectivity index (χ3n) is 3.45. The number of anilines is 1. The fourth-order valence-corrected chi connectivity index (χ4v) is 3.48. The van der Waals surface area contributed by atoms with Crippen LogP contribution in [0.15, 0.2) is 34.1 Å². The average molecular weight is 419 g/mol. The summed E-state index contributed by atoms with van der Waals surface area (Å²) >= 11 is 11.4. The van der Waals surface area contributed by atoms with Gasteiger partial charge in [-0.25, -0.2) is 17.4 Å². The first kappa shape index (κ1) is 20.4. The monoisotopic (exact) mass is 418 g/mol. The largest absolute Gasteiger partial charge is 0.324 e. The van der Waals surface area contributed by atoms with Gasteiger partial charge in [-0.05, 0) is 30.7 Å². The van der Waals surface area contributed by atoms with Gasteiger partial charge in [-0.2, -0.15) is 5.10 Å². The average Bonchev–Trinajstić information content (AvgIpc) is 2.55. The molecule has 26 heavy (non-hydrogen) atoms. The molecule has 8 nitrogen and oxygen atoms in total. The van der Waals surface area contributed by atoms with Gasteiger partial charge in [0.05, 0.1) is 16.1 Å². The number of benzene rings is 1. The Morgan fingerprint density at radius 1 is 1.31 bits per heavy atom. The van der Waals surface area contributed by atoms with E-state index in [2.05, 4.69) is 10.4 Å². The van der Waals surface area contributed by atoms with Crippen molar-refractivity contribution < 1.29 is 13.2 Å². The highest BCUT2D eigenvalue weighted by Crippen LogP contribution is 2.22. The van der Waals surface area contributed by atoms with Gasteiger partial charge in [-0.1, -0.05) is 23.2 Å². The topological polar surface area (TPSA) is 101 Å². The molecule has 1 aromatic carbocycles. The second-order valence-electron chi connectivity index (χ2n) is 5.59. The highest BCUT2D eigenvalue weighted by atomic mass is 35.5. The van der Waals surface area contributed by atoms with Crippen LogP contribution in [0.25, 0.3) is 0 Å². The fraction of sp³-hybridized carbons (Fsp3) is 0.267. The zero-order chi connectivity index (χ0) is 19.6. The van der Waals surface area contributed by atoms with Crippen molar-refractivity contribution in [1.82, 2.24) is 14.1 Å². The number of aromatic nitrogens is 2. The van der Waals surface area contributed by atoms with Gasteiger partial charge in [0.1, 0.15) is 11.6 Å². The van der Waals surface area contributed by atoms with Crippen molar-refractivity contribution in [2.45, 2.75) is 18.4 Å². The molecule has 0 aliphatic rings. The number of halogens is 2. The van der Waals surface area contributed by atoms with E-state index in [-0.39, 0.29) is 21.5 Å². The summed E-state index contributed by atoms with van der Waals surface area (Å²) in [6.45, 7) is 1.25. The molecule has 0 saturated heterocycles. The number of carbonyl (C=O) groups is 1. The van der Waals surface area contributed by atoms with Crippen LogP contribution in [-0.2, 0) is 21.4 Å². The molecule has 0 atom stereocenters. The summed E-state index contributed by atoms with van der Waals surface area (Å²) in [5.41, 5.74) is 0.178. The molecule has 0 aliphatic heterocycles. The molecule has 0 saturated carbocycles. The van der Waals surface area contributed by atoms with Crippen molar-refractivity contribution in [2.24, 2.45) is 0 Å². The van der Waals surface area contributed by atoms with Crippen LogP contribution in [0.3, 0.4) is 0 Å². The maximum atomic E-state index is 12.2. The van der Waals surface area contributed by atoms with Gasteiger partial charge in [0.25, 0.3) is 5.56 Å². The lowest BCUT2D eigenvalue weighted by atomic mass is 10.2. The quantitative estimate of drug-likeness (QED) is 0.796. The fourth-order valence-electron chi connectivity index (χ4n) is 2.11. The molecular formula is C15H16Cl2N4O4S. The number of rotatable bonds is 5. The number of nitrogens with zero attached hydrogens (tertiary/aromatic N) is 3. The summed E-state index contributed by atoms with van der Waals surface area (Å²) in [7, 11) is -0.704. The Morgan fingerprint density at radius 3 is 2.54 bits per heavy atom. The van der Waals surface area contributed by atoms with Crippen LogP contribution in [0.1, 0.15) is 5.56 Å². The van der Waals surface area contributed by atoms with Crippen molar-refractivity contribution in [1.29, 1.82) is 0 Å². The van der Waals surface area contributed by atoms with Crippen LogP contribution in [-0.4, -0.2) is 42.5 Å². The third kappa shape index (κ3) is 4.24. The second kappa shape index (κ2) is 7.75. The summed E-state index contributed by atoms with van der Waals surface area (Å²) in [4.78, 5) is 24.1. The summed E-state index contributed by atoms with van der Waals surface area (Å²) in [5.74, 6) is -0.527. The van der Waals surface area contributed by atoms with Crippen LogP contribution in [0.4, 0.5) is 5.69 Å². The second-order valence-corrected chi connectivity index (χ2v) is 8.49. The smallest absolute Gasteiger partial charge is 0.287 e. The van der Waals surface area contributed by atoms with E-state index in [1.807, 2.05) is 0 Å². The lowest BCUT2D eigenvalue weighted by Crippen LogP contribution is -2.30. The van der Waals surface area contributed by atoms with Crippen molar-refractivity contribution >= 4 is 44.8 Å². The number of amides is 1. The highest BCUT2D eigenvalue weighted by Gasteiger charge is 2.20. The minimum absolute atomic E-state index is 0.00152. The minimum Gasteiger partial charge on any atom is -0.324 e. The first-order chi connectivity index (χ1) is 12.0. The molecule has 0 unspecified atom stereocenters. The Bertz CT molecular complexity index is 1020. The first-order valence-electron chi connectivity index (χ1n) is 7.28. The predicted octanol–water partition coefficient (Wildman–Crippen LogP) is 1.75. The molecule has 2 rings (SSSR count). The van der Waals surface area contributed by atoms with Gasteiger partial charge < -0.3 is 5.32 Å². The lowest BCUT2D eigenvalue weighted by Gasteiger charge is -2.14. The maximum absolute atomic E-state index is 12.2. The van der Waals surface area contributed by atoms with E-state index >= 15 is 0 Å². The molecular weight excluding hydrogens is 403 g/mol. The summed E-state index contributed by atoms with van der Waals surface area (Å²) in [6.07, 6.45) is 1.17. The van der Waals surface area contributed by atoms with E-state index in [1.165, 1.54) is 38.5 Å². The van der Waals surface area contributed by atoms with Crippen molar-refractivity contribution in [2.75, 3.05) is 19.4 Å². The molecule has 0 fully saturated rings. The molecule has 0 bridgehead atoms. The number of hydrogen-bond acceptors (Lipinski definition) is 5. The number of hydrogen-bond donors (Lipinski definition) is 1. The molecule has 1 amide bonds. The molecule has 140 valence electrons. The molecule has 0 aliphatic carbocycles. The molecule has 11 heteroatoms. The van der Waals surface area contributed by atoms with Crippen LogP contribution in [0.5, 0.6) is 0 Å². The Kier molecular flexibility index (Phi) is 6.07. The maximum Gasteiger partial charge on any atom is 0.287 e. The SMILES string of the molecule is Cc1cc(NC(=O)Cn2ncc(Cl)c(Cl)c2=O)ccc1S(=O)(=O)N(C)C. The molecule has 2 aromatic rings. The first-order valence-corrected chi connectivity index (χ1v) is 9.47. The van der Waals surface area contributed by atoms with E-state index in [9.17, 15) is 18.0 Å². The molecule has 1 N–H and O–H groups in total. The van der Waals surface area contributed by atoms with Gasteiger partial charge >= 0.3 is 0 Å².